The van der Waals surface area contributed by atoms with Crippen molar-refractivity contribution in [2.24, 2.45) is 0 Å². The number of sulfonamides is 1. The quantitative estimate of drug-likeness (QED) is 0.241. The molecule has 1 aromatic heterocycles. The van der Waals surface area contributed by atoms with Crippen molar-refractivity contribution in [1.29, 1.82) is 0 Å². The number of aryl methyl sites for hydroxylation is 1. The van der Waals surface area contributed by atoms with Crippen LogP contribution in [-0.4, -0.2) is 36.2 Å². The van der Waals surface area contributed by atoms with Crippen LogP contribution < -0.4 is 10.0 Å². The van der Waals surface area contributed by atoms with Crippen molar-refractivity contribution < 1.29 is 18.0 Å². The molecule has 216 valence electrons. The summed E-state index contributed by atoms with van der Waals surface area (Å²) >= 11 is 0. The highest BCUT2D eigenvalue weighted by Crippen LogP contribution is 2.26. The molecule has 2 amide bonds. The molecule has 4 aromatic rings. The minimum atomic E-state index is -3.54. The summed E-state index contributed by atoms with van der Waals surface area (Å²) in [7, 11) is -3.54. The lowest BCUT2D eigenvalue weighted by atomic mass is 10.0. The molecule has 9 heteroatoms. The monoisotopic (exact) mass is 582 g/mol. The third kappa shape index (κ3) is 7.90. The second kappa shape index (κ2) is 13.5. The van der Waals surface area contributed by atoms with E-state index >= 15 is 0 Å². The number of aromatic nitrogens is 1. The summed E-state index contributed by atoms with van der Waals surface area (Å²) in [5.74, 6) is -0.485. The van der Waals surface area contributed by atoms with Gasteiger partial charge in [-0.2, -0.15) is 0 Å². The molecule has 1 saturated carbocycles. The molecule has 42 heavy (non-hydrogen) atoms. The zero-order valence-corrected chi connectivity index (χ0v) is 24.0. The number of benzene rings is 3. The van der Waals surface area contributed by atoms with E-state index in [1.165, 1.54) is 0 Å². The highest BCUT2D eigenvalue weighted by molar-refractivity contribution is 7.89. The van der Waals surface area contributed by atoms with Gasteiger partial charge in [0.25, 0.3) is 0 Å². The second-order valence-corrected chi connectivity index (χ2v) is 12.1. The van der Waals surface area contributed by atoms with Gasteiger partial charge < -0.3 is 10.2 Å². The van der Waals surface area contributed by atoms with Crippen LogP contribution in [-0.2, 0) is 39.1 Å². The average molecular weight is 583 g/mol. The molecule has 1 aliphatic carbocycles. The molecule has 3 aromatic carbocycles. The zero-order valence-electron chi connectivity index (χ0n) is 23.2. The van der Waals surface area contributed by atoms with Gasteiger partial charge in [-0.3, -0.25) is 14.6 Å². The van der Waals surface area contributed by atoms with Crippen molar-refractivity contribution in [2.75, 3.05) is 0 Å². The Hall–Kier alpha value is -4.34. The third-order valence-electron chi connectivity index (χ3n) is 7.12. The van der Waals surface area contributed by atoms with Crippen molar-refractivity contribution in [1.82, 2.24) is 19.9 Å². The predicted molar refractivity (Wildman–Crippen MR) is 160 cm³/mol. The smallest absolute Gasteiger partial charge is 0.247 e. The molecule has 1 fully saturated rings. The average Bonchev–Trinajstić information content (AvgIpc) is 3.83. The third-order valence-corrected chi connectivity index (χ3v) is 8.66. The molecule has 5 rings (SSSR count). The van der Waals surface area contributed by atoms with Crippen molar-refractivity contribution in [2.45, 2.75) is 55.8 Å². The maximum Gasteiger partial charge on any atom is 0.247 e. The second-order valence-electron chi connectivity index (χ2n) is 10.4. The maximum atomic E-state index is 13.9. The van der Waals surface area contributed by atoms with Gasteiger partial charge in [0.05, 0.1) is 17.1 Å². The molecule has 8 nitrogen and oxygen atoms in total. The number of carbonyl (C=O) groups is 2. The van der Waals surface area contributed by atoms with Gasteiger partial charge in [0.15, 0.2) is 0 Å². The first-order valence-corrected chi connectivity index (χ1v) is 15.5. The van der Waals surface area contributed by atoms with Crippen LogP contribution in [0.2, 0.25) is 0 Å². The largest absolute Gasteiger partial charge is 0.348 e. The maximum absolute atomic E-state index is 13.9. The summed E-state index contributed by atoms with van der Waals surface area (Å²) in [6.45, 7) is 0.488. The van der Waals surface area contributed by atoms with E-state index in [0.717, 1.165) is 29.7 Å². The Morgan fingerprint density at radius 1 is 0.833 bits per heavy atom. The molecule has 0 bridgehead atoms. The van der Waals surface area contributed by atoms with E-state index in [9.17, 15) is 18.0 Å². The Balaban J connectivity index is 1.35. The van der Waals surface area contributed by atoms with Gasteiger partial charge in [0, 0.05) is 25.2 Å². The van der Waals surface area contributed by atoms with Gasteiger partial charge in [-0.1, -0.05) is 78.9 Å². The van der Waals surface area contributed by atoms with E-state index in [0.29, 0.717) is 12.0 Å². The van der Waals surface area contributed by atoms with E-state index in [-0.39, 0.29) is 42.3 Å². The minimum absolute atomic E-state index is 0.0293. The molecular weight excluding hydrogens is 548 g/mol. The molecule has 0 unspecified atom stereocenters. The Labute approximate surface area is 246 Å². The minimum Gasteiger partial charge on any atom is -0.348 e. The lowest BCUT2D eigenvalue weighted by Crippen LogP contribution is -2.43. The normalized spacial score (nSPS) is 13.7. The number of hydrogen-bond donors (Lipinski definition) is 2. The summed E-state index contributed by atoms with van der Waals surface area (Å²) in [6.07, 6.45) is 3.95. The number of nitrogens with one attached hydrogen (secondary N) is 2. The number of rotatable bonds is 13. The molecule has 1 heterocycles. The van der Waals surface area contributed by atoms with Crippen molar-refractivity contribution in [3.05, 3.63) is 132 Å². The van der Waals surface area contributed by atoms with Crippen molar-refractivity contribution >= 4 is 21.8 Å². The fraction of sp³-hybridized carbons (Fsp3) is 0.242. The number of hydrogen-bond acceptors (Lipinski definition) is 5. The lowest BCUT2D eigenvalue weighted by Gasteiger charge is -2.32. The van der Waals surface area contributed by atoms with Gasteiger partial charge in [-0.25, -0.2) is 13.1 Å². The summed E-state index contributed by atoms with van der Waals surface area (Å²) in [5, 5.41) is 2.97. The molecule has 0 saturated heterocycles. The van der Waals surface area contributed by atoms with E-state index in [2.05, 4.69) is 15.0 Å². The molecule has 1 aliphatic rings. The van der Waals surface area contributed by atoms with Crippen LogP contribution in [0.5, 0.6) is 0 Å². The predicted octanol–water partition coefficient (Wildman–Crippen LogP) is 4.54. The van der Waals surface area contributed by atoms with Gasteiger partial charge in [-0.05, 0) is 60.2 Å². The van der Waals surface area contributed by atoms with E-state index in [1.54, 1.807) is 35.4 Å². The number of pyridine rings is 1. The highest BCUT2D eigenvalue weighted by Gasteiger charge is 2.31. The van der Waals surface area contributed by atoms with E-state index < -0.39 is 16.1 Å². The van der Waals surface area contributed by atoms with Crippen LogP contribution in [0.3, 0.4) is 0 Å². The molecule has 0 radical (unpaired) electrons. The first kappa shape index (κ1) is 29.2. The topological polar surface area (TPSA) is 108 Å². The van der Waals surface area contributed by atoms with E-state index in [4.69, 9.17) is 0 Å². The van der Waals surface area contributed by atoms with Crippen LogP contribution in [0, 0.1) is 0 Å². The Morgan fingerprint density at radius 2 is 1.50 bits per heavy atom. The number of nitrogens with zero attached hydrogens (tertiary/aromatic N) is 2. The molecule has 2 N–H and O–H groups in total. The molecular formula is C33H34N4O4S. The standard InChI is InChI=1S/C33H34N4O4S/c38-31(21-16-25-14-19-30(20-15-25)42(40,41)36-28-17-18-28)37(24-26-9-3-1-4-10-26)32(27-11-5-2-6-12-27)33(39)35-23-29-13-7-8-22-34-29/h1-15,19-20,22,28,32,36H,16-18,21,23-24H2,(H,35,39)/t32-/m0/s1. The summed E-state index contributed by atoms with van der Waals surface area (Å²) in [4.78, 5) is 33.8. The Kier molecular flexibility index (Phi) is 9.41. The highest BCUT2D eigenvalue weighted by atomic mass is 32.2. The van der Waals surface area contributed by atoms with Crippen LogP contribution in [0.25, 0.3) is 0 Å². The van der Waals surface area contributed by atoms with Crippen molar-refractivity contribution in [3.63, 3.8) is 0 Å². The van der Waals surface area contributed by atoms with Crippen LogP contribution in [0.4, 0.5) is 0 Å². The van der Waals surface area contributed by atoms with Crippen LogP contribution in [0.1, 0.15) is 47.7 Å². The van der Waals surface area contributed by atoms with Crippen LogP contribution >= 0.6 is 0 Å². The number of amides is 2. The summed E-state index contributed by atoms with van der Waals surface area (Å²) in [5.41, 5.74) is 3.17. The first-order valence-electron chi connectivity index (χ1n) is 14.1. The first-order chi connectivity index (χ1) is 20.4. The Morgan fingerprint density at radius 3 is 2.14 bits per heavy atom. The summed E-state index contributed by atoms with van der Waals surface area (Å²) < 4.78 is 27.7. The molecule has 0 aliphatic heterocycles. The zero-order chi connectivity index (χ0) is 29.4. The SMILES string of the molecule is O=C(NCc1ccccn1)[C@H](c1ccccc1)N(Cc1ccccc1)C(=O)CCc1ccc(S(=O)(=O)NC2CC2)cc1. The fourth-order valence-corrected chi connectivity index (χ4v) is 6.01. The lowest BCUT2D eigenvalue weighted by molar-refractivity contribution is -0.141. The van der Waals surface area contributed by atoms with Gasteiger partial charge >= 0.3 is 0 Å². The molecule has 1 atom stereocenters. The van der Waals surface area contributed by atoms with Crippen molar-refractivity contribution in [3.8, 4) is 0 Å². The van der Waals surface area contributed by atoms with E-state index in [1.807, 2.05) is 78.9 Å². The van der Waals surface area contributed by atoms with Gasteiger partial charge in [-0.15, -0.1) is 0 Å². The summed E-state index contributed by atoms with van der Waals surface area (Å²) in [6, 6.07) is 30.2. The number of carbonyl (C=O) groups excluding carboxylic acids is 2. The molecule has 0 spiro atoms. The van der Waals surface area contributed by atoms with Crippen LogP contribution in [0.15, 0.2) is 114 Å². The Bertz CT molecular complexity index is 1580. The fourth-order valence-electron chi connectivity index (χ4n) is 4.71. The van der Waals surface area contributed by atoms with Gasteiger partial charge in [0.1, 0.15) is 6.04 Å². The van der Waals surface area contributed by atoms with Gasteiger partial charge in [0.2, 0.25) is 21.8 Å².